The molecule has 5 N–H and O–H groups in total. The summed E-state index contributed by atoms with van der Waals surface area (Å²) in [7, 11) is 0. The van der Waals surface area contributed by atoms with Gasteiger partial charge in [-0.1, -0.05) is 13.8 Å². The van der Waals surface area contributed by atoms with Crippen LogP contribution in [0, 0.1) is 5.41 Å². The third-order valence-corrected chi connectivity index (χ3v) is 2.62. The average molecular weight is 248 g/mol. The predicted molar refractivity (Wildman–Crippen MR) is 68.9 cm³/mol. The minimum atomic E-state index is -0.504. The number of aliphatic hydroxyl groups excluding tert-OH is 3. The van der Waals surface area contributed by atoms with Crippen molar-refractivity contribution in [1.82, 2.24) is 10.6 Å². The van der Waals surface area contributed by atoms with E-state index in [4.69, 9.17) is 10.2 Å². The molecule has 5 nitrogen and oxygen atoms in total. The Morgan fingerprint density at radius 3 is 2.06 bits per heavy atom. The van der Waals surface area contributed by atoms with Crippen molar-refractivity contribution in [2.45, 2.75) is 39.3 Å². The minimum absolute atomic E-state index is 0.0324. The molecule has 0 aliphatic heterocycles. The van der Waals surface area contributed by atoms with Gasteiger partial charge in [0, 0.05) is 37.2 Å². The molecule has 1 atom stereocenters. The highest BCUT2D eigenvalue weighted by Gasteiger charge is 2.18. The summed E-state index contributed by atoms with van der Waals surface area (Å²) in [6.07, 6.45) is -0.504. The van der Waals surface area contributed by atoms with Crippen molar-refractivity contribution < 1.29 is 15.3 Å². The third-order valence-electron chi connectivity index (χ3n) is 2.62. The van der Waals surface area contributed by atoms with Crippen LogP contribution >= 0.6 is 0 Å². The van der Waals surface area contributed by atoms with Gasteiger partial charge in [0.1, 0.15) is 0 Å². The van der Waals surface area contributed by atoms with Crippen LogP contribution in [0.5, 0.6) is 0 Å². The van der Waals surface area contributed by atoms with E-state index in [1.165, 1.54) is 0 Å². The standard InChI is InChI=1S/C12H28N2O3/c1-11(2,8-15)7-13-5-10(17)6-14-12(3,4)9-16/h10,13-17H,5-9H2,1-4H3. The number of hydrogen-bond acceptors (Lipinski definition) is 5. The second kappa shape index (κ2) is 7.28. The van der Waals surface area contributed by atoms with Gasteiger partial charge in [0.05, 0.1) is 12.7 Å². The number of nitrogens with one attached hydrogen (secondary N) is 2. The first-order valence-corrected chi connectivity index (χ1v) is 6.08. The van der Waals surface area contributed by atoms with Gasteiger partial charge < -0.3 is 26.0 Å². The number of rotatable bonds is 9. The number of hydrogen-bond donors (Lipinski definition) is 5. The zero-order chi connectivity index (χ0) is 13.5. The largest absolute Gasteiger partial charge is 0.396 e. The van der Waals surface area contributed by atoms with E-state index in [1.807, 2.05) is 27.7 Å². The van der Waals surface area contributed by atoms with Gasteiger partial charge in [0.15, 0.2) is 0 Å². The molecule has 0 radical (unpaired) electrons. The molecule has 17 heavy (non-hydrogen) atoms. The normalized spacial score (nSPS) is 15.0. The van der Waals surface area contributed by atoms with E-state index in [0.29, 0.717) is 19.6 Å². The topological polar surface area (TPSA) is 84.8 Å². The lowest BCUT2D eigenvalue weighted by Crippen LogP contribution is -2.48. The molecule has 0 aliphatic carbocycles. The van der Waals surface area contributed by atoms with Gasteiger partial charge in [-0.2, -0.15) is 0 Å². The maximum absolute atomic E-state index is 9.71. The number of β-amino-alcohol motifs (C(OH)–C–C–N with tert-alkyl or cyclic N) is 1. The lowest BCUT2D eigenvalue weighted by atomic mass is 9.95. The Morgan fingerprint density at radius 2 is 1.59 bits per heavy atom. The molecule has 1 unspecified atom stereocenters. The molecule has 0 fully saturated rings. The van der Waals surface area contributed by atoms with Gasteiger partial charge in [0.2, 0.25) is 0 Å². The first-order valence-electron chi connectivity index (χ1n) is 6.08. The molecule has 104 valence electrons. The van der Waals surface area contributed by atoms with Crippen LogP contribution in [0.1, 0.15) is 27.7 Å². The predicted octanol–water partition coefficient (Wildman–Crippen LogP) is -0.684. The molecule has 0 rings (SSSR count). The lowest BCUT2D eigenvalue weighted by Gasteiger charge is -2.26. The number of aliphatic hydroxyl groups is 3. The second-order valence-corrected chi connectivity index (χ2v) is 6.03. The summed E-state index contributed by atoms with van der Waals surface area (Å²) in [5.41, 5.74) is -0.539. The fraction of sp³-hybridized carbons (Fsp3) is 1.00. The summed E-state index contributed by atoms with van der Waals surface area (Å²) in [5, 5.41) is 34.0. The molecule has 0 amide bonds. The summed E-state index contributed by atoms with van der Waals surface area (Å²) >= 11 is 0. The van der Waals surface area contributed by atoms with Crippen LogP contribution in [-0.2, 0) is 0 Å². The Bertz CT molecular complexity index is 208. The summed E-state index contributed by atoms with van der Waals surface area (Å²) in [6, 6.07) is 0. The van der Waals surface area contributed by atoms with Crippen molar-refractivity contribution in [2.24, 2.45) is 5.41 Å². The van der Waals surface area contributed by atoms with Crippen molar-refractivity contribution in [2.75, 3.05) is 32.8 Å². The minimum Gasteiger partial charge on any atom is -0.396 e. The summed E-state index contributed by atoms with van der Waals surface area (Å²) in [4.78, 5) is 0. The van der Waals surface area contributed by atoms with Crippen molar-refractivity contribution in [3.63, 3.8) is 0 Å². The van der Waals surface area contributed by atoms with E-state index in [2.05, 4.69) is 10.6 Å². The first-order chi connectivity index (χ1) is 7.72. The first kappa shape index (κ1) is 16.8. The van der Waals surface area contributed by atoms with Crippen molar-refractivity contribution >= 4 is 0 Å². The van der Waals surface area contributed by atoms with E-state index in [1.54, 1.807) is 0 Å². The quantitative estimate of drug-likeness (QED) is 0.373. The van der Waals surface area contributed by atoms with Crippen LogP contribution < -0.4 is 10.6 Å². The Hall–Kier alpha value is -0.200. The molecular formula is C12H28N2O3. The van der Waals surface area contributed by atoms with Gasteiger partial charge >= 0.3 is 0 Å². The molecule has 0 aromatic rings. The van der Waals surface area contributed by atoms with Gasteiger partial charge in [-0.15, -0.1) is 0 Å². The Kier molecular flexibility index (Phi) is 7.20. The molecule has 0 heterocycles. The molecule has 0 saturated heterocycles. The van der Waals surface area contributed by atoms with Gasteiger partial charge in [-0.05, 0) is 13.8 Å². The van der Waals surface area contributed by atoms with Gasteiger partial charge in [-0.25, -0.2) is 0 Å². The second-order valence-electron chi connectivity index (χ2n) is 6.03. The van der Waals surface area contributed by atoms with Gasteiger partial charge in [-0.3, -0.25) is 0 Å². The van der Waals surface area contributed by atoms with Crippen LogP contribution in [0.25, 0.3) is 0 Å². The summed E-state index contributed by atoms with van der Waals surface area (Å²) < 4.78 is 0. The molecule has 0 aromatic heterocycles. The molecule has 0 aromatic carbocycles. The fourth-order valence-electron chi connectivity index (χ4n) is 1.16. The van der Waals surface area contributed by atoms with Crippen LogP contribution in [0.3, 0.4) is 0 Å². The average Bonchev–Trinajstić information content (AvgIpc) is 2.26. The highest BCUT2D eigenvalue weighted by atomic mass is 16.3. The summed E-state index contributed by atoms with van der Waals surface area (Å²) in [6.45, 7) is 9.38. The third kappa shape index (κ3) is 8.51. The van der Waals surface area contributed by atoms with E-state index in [-0.39, 0.29) is 24.2 Å². The van der Waals surface area contributed by atoms with E-state index >= 15 is 0 Å². The maximum Gasteiger partial charge on any atom is 0.0788 e. The maximum atomic E-state index is 9.71. The fourth-order valence-corrected chi connectivity index (χ4v) is 1.16. The van der Waals surface area contributed by atoms with Crippen LogP contribution in [0.4, 0.5) is 0 Å². The molecule has 0 aliphatic rings. The van der Waals surface area contributed by atoms with Crippen molar-refractivity contribution in [1.29, 1.82) is 0 Å². The van der Waals surface area contributed by atoms with Gasteiger partial charge in [0.25, 0.3) is 0 Å². The SMILES string of the molecule is CC(C)(CO)CNCC(O)CNC(C)(C)CO. The van der Waals surface area contributed by atoms with E-state index < -0.39 is 6.10 Å². The zero-order valence-corrected chi connectivity index (χ0v) is 11.5. The van der Waals surface area contributed by atoms with Crippen LogP contribution in [0.15, 0.2) is 0 Å². The lowest BCUT2D eigenvalue weighted by molar-refractivity contribution is 0.122. The zero-order valence-electron chi connectivity index (χ0n) is 11.5. The molecular weight excluding hydrogens is 220 g/mol. The molecule has 0 saturated carbocycles. The Balaban J connectivity index is 3.71. The Labute approximate surface area is 104 Å². The van der Waals surface area contributed by atoms with Crippen molar-refractivity contribution in [3.8, 4) is 0 Å². The van der Waals surface area contributed by atoms with Crippen LogP contribution in [0.2, 0.25) is 0 Å². The van der Waals surface area contributed by atoms with E-state index in [9.17, 15) is 5.11 Å². The molecule has 5 heteroatoms. The highest BCUT2D eigenvalue weighted by Crippen LogP contribution is 2.10. The summed E-state index contributed by atoms with van der Waals surface area (Å²) in [5.74, 6) is 0. The molecule has 0 bridgehead atoms. The highest BCUT2D eigenvalue weighted by molar-refractivity contribution is 4.78. The van der Waals surface area contributed by atoms with Crippen molar-refractivity contribution in [3.05, 3.63) is 0 Å². The molecule has 0 spiro atoms. The Morgan fingerprint density at radius 1 is 1.00 bits per heavy atom. The monoisotopic (exact) mass is 248 g/mol. The van der Waals surface area contributed by atoms with Crippen LogP contribution in [-0.4, -0.2) is 59.8 Å². The van der Waals surface area contributed by atoms with E-state index in [0.717, 1.165) is 0 Å². The smallest absolute Gasteiger partial charge is 0.0788 e.